The van der Waals surface area contributed by atoms with Gasteiger partial charge in [0.1, 0.15) is 0 Å². The normalized spacial score (nSPS) is 21.4. The quantitative estimate of drug-likeness (QED) is 0.633. The number of nitrogens with zero attached hydrogens (tertiary/aromatic N) is 1. The molecule has 0 N–H and O–H groups in total. The fourth-order valence-corrected chi connectivity index (χ4v) is 1.56. The Morgan fingerprint density at radius 1 is 1.38 bits per heavy atom. The molecule has 0 bridgehead atoms. The van der Waals surface area contributed by atoms with Gasteiger partial charge in [0, 0.05) is 18.8 Å². The van der Waals surface area contributed by atoms with E-state index in [1.54, 1.807) is 0 Å². The summed E-state index contributed by atoms with van der Waals surface area (Å²) in [5.74, 6) is 1.48. The smallest absolute Gasteiger partial charge is 0.0201 e. The Bertz CT molecular complexity index is 149. The summed E-state index contributed by atoms with van der Waals surface area (Å²) in [7, 11) is 0. The first-order valence-corrected chi connectivity index (χ1v) is 5.55. The van der Waals surface area contributed by atoms with Crippen LogP contribution in [0.15, 0.2) is 12.3 Å². The summed E-state index contributed by atoms with van der Waals surface area (Å²) < 4.78 is 0. The van der Waals surface area contributed by atoms with Crippen molar-refractivity contribution in [2.45, 2.75) is 41.0 Å². The largest absolute Gasteiger partial charge is 0.375 e. The summed E-state index contributed by atoms with van der Waals surface area (Å²) >= 11 is 0. The van der Waals surface area contributed by atoms with E-state index in [2.05, 4.69) is 32.3 Å². The van der Waals surface area contributed by atoms with Crippen LogP contribution >= 0.6 is 0 Å². The van der Waals surface area contributed by atoms with Gasteiger partial charge in [-0.2, -0.15) is 0 Å². The predicted octanol–water partition coefficient (Wildman–Crippen LogP) is 3.52. The van der Waals surface area contributed by atoms with Crippen LogP contribution in [0.5, 0.6) is 0 Å². The molecule has 0 aromatic rings. The SMILES string of the molecule is C=C(C(C)C)N1CCC(C)C1.CC. The number of hydrogen-bond acceptors (Lipinski definition) is 1. The highest BCUT2D eigenvalue weighted by Crippen LogP contribution is 2.22. The van der Waals surface area contributed by atoms with Gasteiger partial charge in [-0.15, -0.1) is 0 Å². The van der Waals surface area contributed by atoms with Gasteiger partial charge >= 0.3 is 0 Å². The second kappa shape index (κ2) is 6.06. The molecular formula is C12H25N. The number of hydrogen-bond donors (Lipinski definition) is 0. The maximum Gasteiger partial charge on any atom is 0.0201 e. The Morgan fingerprint density at radius 2 is 1.92 bits per heavy atom. The average Bonchev–Trinajstić information content (AvgIpc) is 2.54. The second-order valence-electron chi connectivity index (χ2n) is 3.99. The van der Waals surface area contributed by atoms with Gasteiger partial charge in [-0.25, -0.2) is 0 Å². The maximum atomic E-state index is 4.10. The van der Waals surface area contributed by atoms with E-state index in [1.165, 1.54) is 25.2 Å². The maximum absolute atomic E-state index is 4.10. The number of allylic oxidation sites excluding steroid dienone is 1. The Balaban J connectivity index is 0.000000671. The molecule has 1 heterocycles. The minimum atomic E-state index is 0.611. The molecule has 0 amide bonds. The molecule has 1 aliphatic heterocycles. The summed E-state index contributed by atoms with van der Waals surface area (Å²) in [5.41, 5.74) is 1.31. The third-order valence-electron chi connectivity index (χ3n) is 2.50. The van der Waals surface area contributed by atoms with E-state index in [0.717, 1.165) is 5.92 Å². The minimum absolute atomic E-state index is 0.611. The Kier molecular flexibility index (Phi) is 5.85. The Morgan fingerprint density at radius 3 is 2.23 bits per heavy atom. The molecule has 0 radical (unpaired) electrons. The molecule has 1 fully saturated rings. The summed E-state index contributed by atoms with van der Waals surface area (Å²) in [6.45, 7) is 17.3. The monoisotopic (exact) mass is 183 g/mol. The molecule has 0 aromatic carbocycles. The van der Waals surface area contributed by atoms with Gasteiger partial charge in [0.05, 0.1) is 0 Å². The standard InChI is InChI=1S/C10H19N.C2H6/c1-8(2)10(4)11-6-5-9(3)7-11;1-2/h8-9H,4-7H2,1-3H3;1-2H3. The van der Waals surface area contributed by atoms with Crippen LogP contribution in [0.2, 0.25) is 0 Å². The Hall–Kier alpha value is -0.460. The van der Waals surface area contributed by atoms with E-state index in [9.17, 15) is 0 Å². The van der Waals surface area contributed by atoms with Crippen LogP contribution in [0.1, 0.15) is 41.0 Å². The topological polar surface area (TPSA) is 3.24 Å². The highest BCUT2D eigenvalue weighted by atomic mass is 15.2. The lowest BCUT2D eigenvalue weighted by molar-refractivity contribution is 0.370. The van der Waals surface area contributed by atoms with Gasteiger partial charge in [0.25, 0.3) is 0 Å². The lowest BCUT2D eigenvalue weighted by Crippen LogP contribution is -2.21. The molecule has 0 aliphatic carbocycles. The van der Waals surface area contributed by atoms with Crippen LogP contribution in [0, 0.1) is 11.8 Å². The highest BCUT2D eigenvalue weighted by Gasteiger charge is 2.20. The lowest BCUT2D eigenvalue weighted by Gasteiger charge is -2.23. The molecule has 1 rings (SSSR count). The van der Waals surface area contributed by atoms with Crippen molar-refractivity contribution in [3.8, 4) is 0 Å². The van der Waals surface area contributed by atoms with E-state index in [0.29, 0.717) is 5.92 Å². The van der Waals surface area contributed by atoms with Crippen LogP contribution in [0.25, 0.3) is 0 Å². The zero-order valence-corrected chi connectivity index (χ0v) is 9.93. The summed E-state index contributed by atoms with van der Waals surface area (Å²) in [5, 5.41) is 0. The third kappa shape index (κ3) is 3.84. The summed E-state index contributed by atoms with van der Waals surface area (Å²) in [6, 6.07) is 0. The molecule has 1 aliphatic rings. The van der Waals surface area contributed by atoms with Crippen molar-refractivity contribution in [3.63, 3.8) is 0 Å². The third-order valence-corrected chi connectivity index (χ3v) is 2.50. The predicted molar refractivity (Wildman–Crippen MR) is 60.7 cm³/mol. The fourth-order valence-electron chi connectivity index (χ4n) is 1.56. The van der Waals surface area contributed by atoms with E-state index < -0.39 is 0 Å². The van der Waals surface area contributed by atoms with Crippen LogP contribution in [-0.2, 0) is 0 Å². The van der Waals surface area contributed by atoms with Crippen molar-refractivity contribution < 1.29 is 0 Å². The molecule has 1 heteroatoms. The van der Waals surface area contributed by atoms with Gasteiger partial charge in [-0.3, -0.25) is 0 Å². The lowest BCUT2D eigenvalue weighted by atomic mass is 10.1. The zero-order valence-electron chi connectivity index (χ0n) is 9.93. The highest BCUT2D eigenvalue weighted by molar-refractivity contribution is 4.99. The molecular weight excluding hydrogens is 158 g/mol. The molecule has 0 saturated carbocycles. The van der Waals surface area contributed by atoms with Crippen LogP contribution < -0.4 is 0 Å². The van der Waals surface area contributed by atoms with Crippen molar-refractivity contribution in [2.24, 2.45) is 11.8 Å². The van der Waals surface area contributed by atoms with Gasteiger partial charge in [-0.1, -0.05) is 41.2 Å². The first-order valence-electron chi connectivity index (χ1n) is 5.55. The molecule has 1 saturated heterocycles. The number of rotatable bonds is 2. The van der Waals surface area contributed by atoms with Crippen molar-refractivity contribution in [3.05, 3.63) is 12.3 Å². The minimum Gasteiger partial charge on any atom is -0.375 e. The molecule has 78 valence electrons. The van der Waals surface area contributed by atoms with Crippen LogP contribution in [0.4, 0.5) is 0 Å². The first-order chi connectivity index (χ1) is 6.11. The Labute approximate surface area is 83.8 Å². The molecule has 13 heavy (non-hydrogen) atoms. The van der Waals surface area contributed by atoms with E-state index >= 15 is 0 Å². The van der Waals surface area contributed by atoms with Crippen molar-refractivity contribution in [1.82, 2.24) is 4.90 Å². The molecule has 1 unspecified atom stereocenters. The van der Waals surface area contributed by atoms with Crippen molar-refractivity contribution in [2.75, 3.05) is 13.1 Å². The molecule has 0 spiro atoms. The molecule has 0 aromatic heterocycles. The van der Waals surface area contributed by atoms with E-state index in [1.807, 2.05) is 13.8 Å². The first kappa shape index (κ1) is 12.5. The van der Waals surface area contributed by atoms with E-state index in [-0.39, 0.29) is 0 Å². The second-order valence-corrected chi connectivity index (χ2v) is 3.99. The molecule has 1 nitrogen and oxygen atoms in total. The van der Waals surface area contributed by atoms with Gasteiger partial charge in [0.2, 0.25) is 0 Å². The van der Waals surface area contributed by atoms with Crippen molar-refractivity contribution >= 4 is 0 Å². The molecule has 1 atom stereocenters. The fraction of sp³-hybridized carbons (Fsp3) is 0.833. The van der Waals surface area contributed by atoms with Gasteiger partial charge in [0.15, 0.2) is 0 Å². The van der Waals surface area contributed by atoms with E-state index in [4.69, 9.17) is 0 Å². The van der Waals surface area contributed by atoms with Crippen LogP contribution in [-0.4, -0.2) is 18.0 Å². The van der Waals surface area contributed by atoms with Gasteiger partial charge in [-0.05, 0) is 18.3 Å². The van der Waals surface area contributed by atoms with Crippen molar-refractivity contribution in [1.29, 1.82) is 0 Å². The average molecular weight is 183 g/mol. The summed E-state index contributed by atoms with van der Waals surface area (Å²) in [4.78, 5) is 2.43. The van der Waals surface area contributed by atoms with Crippen LogP contribution in [0.3, 0.4) is 0 Å². The zero-order chi connectivity index (χ0) is 10.4. The summed E-state index contributed by atoms with van der Waals surface area (Å²) in [6.07, 6.45) is 1.34. The van der Waals surface area contributed by atoms with Gasteiger partial charge < -0.3 is 4.90 Å². The number of likely N-dealkylation sites (tertiary alicyclic amines) is 1.